The van der Waals surface area contributed by atoms with Crippen molar-refractivity contribution in [2.75, 3.05) is 0 Å². The van der Waals surface area contributed by atoms with Crippen LogP contribution in [0.15, 0.2) is 140 Å². The zero-order valence-electron chi connectivity index (χ0n) is 25.9. The van der Waals surface area contributed by atoms with E-state index in [1.807, 2.05) is 17.4 Å². The van der Waals surface area contributed by atoms with Crippen LogP contribution in [-0.4, -0.2) is 4.57 Å². The molecule has 2 aromatic heterocycles. The van der Waals surface area contributed by atoms with Crippen molar-refractivity contribution >= 4 is 76.9 Å². The Bertz CT molecular complexity index is 2790. The minimum Gasteiger partial charge on any atom is -0.309 e. The highest BCUT2D eigenvalue weighted by molar-refractivity contribution is 7.20. The average Bonchev–Trinajstić information content (AvgIpc) is 3.75. The fourth-order valence-electron chi connectivity index (χ4n) is 8.10. The molecule has 0 fully saturated rings. The van der Waals surface area contributed by atoms with Crippen LogP contribution in [0.5, 0.6) is 0 Å². The monoisotopic (exact) mass is 615 g/mol. The highest BCUT2D eigenvalue weighted by Crippen LogP contribution is 2.50. The highest BCUT2D eigenvalue weighted by atomic mass is 32.1. The quantitative estimate of drug-likeness (QED) is 0.186. The maximum atomic E-state index is 4.12. The van der Waals surface area contributed by atoms with Crippen molar-refractivity contribution < 1.29 is 0 Å². The Morgan fingerprint density at radius 1 is 0.532 bits per heavy atom. The van der Waals surface area contributed by atoms with Crippen LogP contribution in [0.2, 0.25) is 0 Å². The normalized spacial score (nSPS) is 12.4. The smallest absolute Gasteiger partial charge is 0.0548 e. The van der Waals surface area contributed by atoms with E-state index in [1.54, 1.807) is 0 Å². The first-order chi connectivity index (χ1) is 23.2. The van der Waals surface area contributed by atoms with Crippen molar-refractivity contribution in [1.29, 1.82) is 0 Å². The van der Waals surface area contributed by atoms with Gasteiger partial charge in [0.05, 0.1) is 16.7 Å². The van der Waals surface area contributed by atoms with Gasteiger partial charge < -0.3 is 4.57 Å². The van der Waals surface area contributed by atoms with Crippen molar-refractivity contribution in [1.82, 2.24) is 4.57 Å². The van der Waals surface area contributed by atoms with Crippen molar-refractivity contribution in [3.63, 3.8) is 0 Å². The number of hydrogen-bond acceptors (Lipinski definition) is 1. The van der Waals surface area contributed by atoms with Gasteiger partial charge in [0.25, 0.3) is 0 Å². The van der Waals surface area contributed by atoms with Gasteiger partial charge in [-0.2, -0.15) is 0 Å². The fourth-order valence-corrected chi connectivity index (χ4v) is 9.17. The van der Waals surface area contributed by atoms with Crippen LogP contribution in [0.4, 0.5) is 0 Å². The summed E-state index contributed by atoms with van der Waals surface area (Å²) in [5.41, 5.74) is 12.7. The second kappa shape index (κ2) is 9.90. The third-order valence-corrected chi connectivity index (χ3v) is 11.2. The Morgan fingerprint density at radius 2 is 1.17 bits per heavy atom. The van der Waals surface area contributed by atoms with Gasteiger partial charge in [-0.3, -0.25) is 0 Å². The third-order valence-electron chi connectivity index (χ3n) is 10.0. The molecule has 47 heavy (non-hydrogen) atoms. The van der Waals surface area contributed by atoms with E-state index in [0.717, 1.165) is 0 Å². The predicted molar refractivity (Wildman–Crippen MR) is 206 cm³/mol. The van der Waals surface area contributed by atoms with Gasteiger partial charge in [0, 0.05) is 36.7 Å². The lowest BCUT2D eigenvalue weighted by atomic mass is 9.91. The lowest BCUT2D eigenvalue weighted by molar-refractivity contribution is 1.20. The lowest BCUT2D eigenvalue weighted by Gasteiger charge is -2.16. The molecule has 0 saturated heterocycles. The third kappa shape index (κ3) is 3.59. The summed E-state index contributed by atoms with van der Waals surface area (Å²) in [5, 5.41) is 8.98. The van der Waals surface area contributed by atoms with E-state index in [-0.39, 0.29) is 0 Å². The molecular weight excluding hydrogens is 587 g/mol. The van der Waals surface area contributed by atoms with E-state index in [1.165, 1.54) is 103 Å². The zero-order valence-corrected chi connectivity index (χ0v) is 26.7. The van der Waals surface area contributed by atoms with Crippen LogP contribution in [0.1, 0.15) is 17.4 Å². The Morgan fingerprint density at radius 3 is 1.98 bits per heavy atom. The molecule has 9 aromatic rings. The standard InChI is InChI=1S/C45H29NS/c1-3-12-34-39-25-42-38(26-44(39)47-43(34)4-2)33-17-9-10-20-40(33)46(42)41-24-23-30(27-13-7-8-16-32(27)41)31-21-22-37-29-15-6-5-14-28(29)35-18-11-19-36(31)45(35)37/h3-26H,2H2,1H3/b12-3-. The highest BCUT2D eigenvalue weighted by Gasteiger charge is 2.23. The summed E-state index contributed by atoms with van der Waals surface area (Å²) in [6.07, 6.45) is 6.33. The van der Waals surface area contributed by atoms with Crippen molar-refractivity contribution in [3.8, 4) is 39.1 Å². The predicted octanol–water partition coefficient (Wildman–Crippen LogP) is 13.3. The zero-order chi connectivity index (χ0) is 31.2. The first kappa shape index (κ1) is 26.5. The molecule has 0 aliphatic heterocycles. The molecule has 0 radical (unpaired) electrons. The molecule has 7 aromatic carbocycles. The summed E-state index contributed by atoms with van der Waals surface area (Å²) in [7, 11) is 0. The van der Waals surface area contributed by atoms with Gasteiger partial charge in [-0.05, 0) is 80.7 Å². The van der Waals surface area contributed by atoms with Gasteiger partial charge in [-0.25, -0.2) is 0 Å². The molecule has 0 amide bonds. The summed E-state index contributed by atoms with van der Waals surface area (Å²) in [5.74, 6) is 0. The number of para-hydroxylation sites is 1. The molecule has 0 saturated carbocycles. The molecule has 1 aliphatic rings. The van der Waals surface area contributed by atoms with Gasteiger partial charge in [-0.1, -0.05) is 128 Å². The summed E-state index contributed by atoms with van der Waals surface area (Å²) >= 11 is 1.82. The van der Waals surface area contributed by atoms with Crippen molar-refractivity contribution in [2.24, 2.45) is 0 Å². The molecule has 1 nitrogen and oxygen atoms in total. The lowest BCUT2D eigenvalue weighted by Crippen LogP contribution is -1.96. The summed E-state index contributed by atoms with van der Waals surface area (Å²) in [4.78, 5) is 1.21. The minimum atomic E-state index is 1.19. The first-order valence-corrected chi connectivity index (χ1v) is 17.0. The second-order valence-electron chi connectivity index (χ2n) is 12.4. The van der Waals surface area contributed by atoms with Crippen molar-refractivity contribution in [3.05, 3.63) is 150 Å². The number of aromatic nitrogens is 1. The molecule has 0 bridgehead atoms. The molecule has 0 N–H and O–H groups in total. The topological polar surface area (TPSA) is 4.93 Å². The Balaban J connectivity index is 1.26. The van der Waals surface area contributed by atoms with Gasteiger partial charge in [0.2, 0.25) is 0 Å². The Hall–Kier alpha value is -5.70. The maximum Gasteiger partial charge on any atom is 0.0548 e. The van der Waals surface area contributed by atoms with Crippen LogP contribution in [0.3, 0.4) is 0 Å². The van der Waals surface area contributed by atoms with Crippen LogP contribution >= 0.6 is 11.3 Å². The average molecular weight is 616 g/mol. The van der Waals surface area contributed by atoms with E-state index in [2.05, 4.69) is 158 Å². The largest absolute Gasteiger partial charge is 0.309 e. The van der Waals surface area contributed by atoms with Crippen LogP contribution in [-0.2, 0) is 0 Å². The minimum absolute atomic E-state index is 1.19. The molecule has 0 spiro atoms. The van der Waals surface area contributed by atoms with E-state index >= 15 is 0 Å². The maximum absolute atomic E-state index is 4.12. The van der Waals surface area contributed by atoms with E-state index < -0.39 is 0 Å². The molecule has 220 valence electrons. The number of allylic oxidation sites excluding steroid dienone is 1. The van der Waals surface area contributed by atoms with Gasteiger partial charge in [0.15, 0.2) is 0 Å². The number of nitrogens with zero attached hydrogens (tertiary/aromatic N) is 1. The number of rotatable bonds is 4. The molecule has 2 heterocycles. The summed E-state index contributed by atoms with van der Waals surface area (Å²) in [6.45, 7) is 6.21. The SMILES string of the molecule is C=Cc1sc2cc3c4ccccc4n(-c4ccc(-c5ccc6c7c(cccc57)-c5ccccc5-6)c5ccccc45)c3cc2c1/C=C\C. The summed E-state index contributed by atoms with van der Waals surface area (Å²) < 4.78 is 3.77. The Labute approximate surface area is 277 Å². The number of thiophene rings is 1. The van der Waals surface area contributed by atoms with Crippen molar-refractivity contribution in [2.45, 2.75) is 6.92 Å². The van der Waals surface area contributed by atoms with E-state index in [9.17, 15) is 0 Å². The van der Waals surface area contributed by atoms with E-state index in [0.29, 0.717) is 0 Å². The molecule has 1 aliphatic carbocycles. The second-order valence-corrected chi connectivity index (χ2v) is 13.5. The van der Waals surface area contributed by atoms with Gasteiger partial charge in [-0.15, -0.1) is 11.3 Å². The van der Waals surface area contributed by atoms with E-state index in [4.69, 9.17) is 0 Å². The van der Waals surface area contributed by atoms with Crippen LogP contribution in [0, 0.1) is 0 Å². The van der Waals surface area contributed by atoms with Crippen LogP contribution < -0.4 is 0 Å². The first-order valence-electron chi connectivity index (χ1n) is 16.2. The van der Waals surface area contributed by atoms with Gasteiger partial charge in [0.1, 0.15) is 0 Å². The summed E-state index contributed by atoms with van der Waals surface area (Å²) in [6, 6.07) is 47.5. The fraction of sp³-hybridized carbons (Fsp3) is 0.0222. The molecule has 10 rings (SSSR count). The molecule has 0 atom stereocenters. The molecule has 0 unspecified atom stereocenters. The number of fused-ring (bicyclic) bond motifs is 8. The Kier molecular flexibility index (Phi) is 5.58. The number of benzene rings is 7. The van der Waals surface area contributed by atoms with Gasteiger partial charge >= 0.3 is 0 Å². The number of hydrogen-bond donors (Lipinski definition) is 0. The molecular formula is C45H29NS. The molecule has 2 heteroatoms. The van der Waals surface area contributed by atoms with Crippen LogP contribution in [0.25, 0.3) is 105 Å².